The van der Waals surface area contributed by atoms with Gasteiger partial charge < -0.3 is 5.32 Å². The highest BCUT2D eigenvalue weighted by Crippen LogP contribution is 2.17. The lowest BCUT2D eigenvalue weighted by Gasteiger charge is -2.15. The average molecular weight is 365 g/mol. The van der Waals surface area contributed by atoms with Crippen LogP contribution in [0.5, 0.6) is 0 Å². The number of amides is 1. The molecule has 0 fully saturated rings. The van der Waals surface area contributed by atoms with Gasteiger partial charge in [-0.2, -0.15) is 0 Å². The van der Waals surface area contributed by atoms with E-state index in [4.69, 9.17) is 0 Å². The molecule has 7 heteroatoms. The van der Waals surface area contributed by atoms with Gasteiger partial charge in [0.1, 0.15) is 0 Å². The highest BCUT2D eigenvalue weighted by atomic mass is 32.2. The van der Waals surface area contributed by atoms with Gasteiger partial charge in [0.15, 0.2) is 9.84 Å². The van der Waals surface area contributed by atoms with E-state index in [-0.39, 0.29) is 16.8 Å². The van der Waals surface area contributed by atoms with Crippen LogP contribution in [0.4, 0.5) is 0 Å². The van der Waals surface area contributed by atoms with E-state index < -0.39 is 20.6 Å². The fourth-order valence-electron chi connectivity index (χ4n) is 2.16. The summed E-state index contributed by atoms with van der Waals surface area (Å²) in [6, 6.07) is 12.7. The van der Waals surface area contributed by atoms with Gasteiger partial charge >= 0.3 is 0 Å². The summed E-state index contributed by atoms with van der Waals surface area (Å²) < 4.78 is 34.3. The van der Waals surface area contributed by atoms with E-state index in [0.717, 1.165) is 11.8 Å². The van der Waals surface area contributed by atoms with Crippen LogP contribution in [-0.4, -0.2) is 31.0 Å². The van der Waals surface area contributed by atoms with E-state index in [2.05, 4.69) is 5.32 Å². The number of hydrogen-bond donors (Lipinski definition) is 1. The van der Waals surface area contributed by atoms with Crippen LogP contribution >= 0.6 is 0 Å². The van der Waals surface area contributed by atoms with E-state index in [9.17, 15) is 17.4 Å². The monoisotopic (exact) mass is 365 g/mol. The van der Waals surface area contributed by atoms with Crippen molar-refractivity contribution in [2.75, 3.05) is 12.5 Å². The zero-order chi connectivity index (χ0) is 17.9. The molecule has 0 aliphatic heterocycles. The summed E-state index contributed by atoms with van der Waals surface area (Å²) in [5.74, 6) is -0.247. The molecule has 2 atom stereocenters. The van der Waals surface area contributed by atoms with Crippen molar-refractivity contribution in [2.24, 2.45) is 0 Å². The number of nitrogens with one attached hydrogen (secondary N) is 1. The summed E-state index contributed by atoms with van der Waals surface area (Å²) in [4.78, 5) is 13.2. The maximum Gasteiger partial charge on any atom is 0.251 e. The number of hydrogen-bond acceptors (Lipinski definition) is 4. The lowest BCUT2D eigenvalue weighted by molar-refractivity contribution is 0.0940. The molecule has 0 radical (unpaired) electrons. The van der Waals surface area contributed by atoms with Crippen LogP contribution < -0.4 is 5.32 Å². The molecule has 2 unspecified atom stereocenters. The Morgan fingerprint density at radius 2 is 1.58 bits per heavy atom. The third-order valence-corrected chi connectivity index (χ3v) is 5.67. The lowest BCUT2D eigenvalue weighted by Crippen LogP contribution is -2.26. The first-order valence-corrected chi connectivity index (χ1v) is 10.7. The van der Waals surface area contributed by atoms with Gasteiger partial charge in [-0.05, 0) is 48.9 Å². The largest absolute Gasteiger partial charge is 0.346 e. The first-order valence-electron chi connectivity index (χ1n) is 7.23. The van der Waals surface area contributed by atoms with Crippen LogP contribution in [0.2, 0.25) is 0 Å². The standard InChI is InChI=1S/C17H19NO4S2/c1-12(13-6-10-16(11-7-13)24(3,21)22)18-17(19)14-4-8-15(9-5-14)23(2)20/h4-12H,1-3H3,(H,18,19). The molecule has 0 spiro atoms. The molecule has 5 nitrogen and oxygen atoms in total. The minimum Gasteiger partial charge on any atom is -0.346 e. The van der Waals surface area contributed by atoms with Crippen molar-refractivity contribution in [1.29, 1.82) is 0 Å². The average Bonchev–Trinajstić information content (AvgIpc) is 2.54. The molecule has 1 amide bonds. The van der Waals surface area contributed by atoms with Crippen LogP contribution in [-0.2, 0) is 20.6 Å². The van der Waals surface area contributed by atoms with E-state index in [1.807, 2.05) is 6.92 Å². The fourth-order valence-corrected chi connectivity index (χ4v) is 3.31. The van der Waals surface area contributed by atoms with Crippen molar-refractivity contribution in [3.63, 3.8) is 0 Å². The summed E-state index contributed by atoms with van der Waals surface area (Å²) in [7, 11) is -4.32. The molecular formula is C17H19NO4S2. The second kappa shape index (κ2) is 7.27. The number of rotatable bonds is 5. The molecule has 128 valence electrons. The van der Waals surface area contributed by atoms with Gasteiger partial charge in [0.05, 0.1) is 10.9 Å². The van der Waals surface area contributed by atoms with Gasteiger partial charge in [0, 0.05) is 33.8 Å². The molecule has 2 aromatic rings. The minimum absolute atomic E-state index is 0.243. The normalized spacial score (nSPS) is 14.0. The predicted octanol–water partition coefficient (Wildman–Crippen LogP) is 2.32. The van der Waals surface area contributed by atoms with Gasteiger partial charge in [-0.25, -0.2) is 8.42 Å². The summed E-state index contributed by atoms with van der Waals surface area (Å²) in [6.45, 7) is 1.82. The third-order valence-electron chi connectivity index (χ3n) is 3.60. The number of carbonyl (C=O) groups excluding carboxylic acids is 1. The van der Waals surface area contributed by atoms with E-state index in [1.54, 1.807) is 42.7 Å². The molecule has 2 rings (SSSR count). The van der Waals surface area contributed by atoms with E-state index >= 15 is 0 Å². The maximum atomic E-state index is 12.3. The Morgan fingerprint density at radius 1 is 1.04 bits per heavy atom. The Morgan fingerprint density at radius 3 is 2.04 bits per heavy atom. The Hall–Kier alpha value is -1.99. The molecule has 1 N–H and O–H groups in total. The Labute approximate surface area is 144 Å². The van der Waals surface area contributed by atoms with E-state index in [1.165, 1.54) is 12.1 Å². The third kappa shape index (κ3) is 4.52. The second-order valence-corrected chi connectivity index (χ2v) is 8.91. The first kappa shape index (κ1) is 18.4. The van der Waals surface area contributed by atoms with Crippen LogP contribution in [0, 0.1) is 0 Å². The molecule has 0 aromatic heterocycles. The second-order valence-electron chi connectivity index (χ2n) is 5.51. The van der Waals surface area contributed by atoms with Crippen LogP contribution in [0.15, 0.2) is 58.3 Å². The molecule has 0 bridgehead atoms. The van der Waals surface area contributed by atoms with Crippen LogP contribution in [0.3, 0.4) is 0 Å². The SMILES string of the molecule is CC(NC(=O)c1ccc(S(C)=O)cc1)c1ccc(S(C)(=O)=O)cc1. The molecular weight excluding hydrogens is 346 g/mol. The summed E-state index contributed by atoms with van der Waals surface area (Å²) in [5.41, 5.74) is 1.28. The number of benzene rings is 2. The van der Waals surface area contributed by atoms with E-state index in [0.29, 0.717) is 10.5 Å². The van der Waals surface area contributed by atoms with Crippen molar-refractivity contribution in [2.45, 2.75) is 22.8 Å². The van der Waals surface area contributed by atoms with Crippen LogP contribution in [0.25, 0.3) is 0 Å². The first-order chi connectivity index (χ1) is 11.2. The summed E-state index contributed by atoms with van der Waals surface area (Å²) in [6.07, 6.45) is 2.73. The molecule has 0 aliphatic rings. The zero-order valence-corrected chi connectivity index (χ0v) is 15.3. The predicted molar refractivity (Wildman–Crippen MR) is 94.2 cm³/mol. The minimum atomic E-state index is -3.23. The van der Waals surface area contributed by atoms with Crippen LogP contribution in [0.1, 0.15) is 28.9 Å². The van der Waals surface area contributed by atoms with Gasteiger partial charge in [0.25, 0.3) is 5.91 Å². The highest BCUT2D eigenvalue weighted by Gasteiger charge is 2.13. The quantitative estimate of drug-likeness (QED) is 0.882. The van der Waals surface area contributed by atoms with Crippen molar-refractivity contribution < 1.29 is 17.4 Å². The summed E-state index contributed by atoms with van der Waals surface area (Å²) in [5, 5.41) is 2.86. The fraction of sp³-hybridized carbons (Fsp3) is 0.235. The topological polar surface area (TPSA) is 80.3 Å². The summed E-state index contributed by atoms with van der Waals surface area (Å²) >= 11 is 0. The maximum absolute atomic E-state index is 12.3. The van der Waals surface area contributed by atoms with Crippen molar-refractivity contribution >= 4 is 26.5 Å². The molecule has 0 saturated carbocycles. The molecule has 2 aromatic carbocycles. The van der Waals surface area contributed by atoms with Crippen molar-refractivity contribution in [3.8, 4) is 0 Å². The van der Waals surface area contributed by atoms with Gasteiger partial charge in [0.2, 0.25) is 0 Å². The molecule has 0 heterocycles. The Balaban J connectivity index is 2.09. The molecule has 0 saturated heterocycles. The Kier molecular flexibility index (Phi) is 5.56. The zero-order valence-electron chi connectivity index (χ0n) is 13.6. The Bertz CT molecular complexity index is 856. The smallest absolute Gasteiger partial charge is 0.251 e. The number of carbonyl (C=O) groups is 1. The van der Waals surface area contributed by atoms with Gasteiger partial charge in [-0.15, -0.1) is 0 Å². The van der Waals surface area contributed by atoms with Crippen molar-refractivity contribution in [1.82, 2.24) is 5.32 Å². The van der Waals surface area contributed by atoms with Gasteiger partial charge in [-0.1, -0.05) is 12.1 Å². The lowest BCUT2D eigenvalue weighted by atomic mass is 10.1. The van der Waals surface area contributed by atoms with Gasteiger partial charge in [-0.3, -0.25) is 9.00 Å². The highest BCUT2D eigenvalue weighted by molar-refractivity contribution is 7.90. The molecule has 0 aliphatic carbocycles. The molecule has 24 heavy (non-hydrogen) atoms. The number of sulfone groups is 1. The van der Waals surface area contributed by atoms with Crippen molar-refractivity contribution in [3.05, 3.63) is 59.7 Å².